The van der Waals surface area contributed by atoms with Crippen molar-refractivity contribution in [1.82, 2.24) is 10.2 Å². The highest BCUT2D eigenvalue weighted by atomic mass is 79.9. The molecule has 4 rings (SSSR count). The van der Waals surface area contributed by atoms with Gasteiger partial charge < -0.3 is 10.2 Å². The van der Waals surface area contributed by atoms with Gasteiger partial charge in [-0.3, -0.25) is 13.9 Å². The number of nitrogens with one attached hydrogen (secondary N) is 1. The van der Waals surface area contributed by atoms with Crippen LogP contribution in [0.25, 0.3) is 0 Å². The molecule has 0 spiro atoms. The third kappa shape index (κ3) is 8.71. The molecule has 7 nitrogen and oxygen atoms in total. The summed E-state index contributed by atoms with van der Waals surface area (Å²) in [5, 5.41) is 3.45. The van der Waals surface area contributed by atoms with E-state index in [9.17, 15) is 18.0 Å². The molecular weight excluding hydrogens is 662 g/mol. The van der Waals surface area contributed by atoms with Gasteiger partial charge in [-0.25, -0.2) is 8.42 Å². The first-order valence-electron chi connectivity index (χ1n) is 14.1. The number of hydrogen-bond donors (Lipinski definition) is 1. The Morgan fingerprint density at radius 2 is 1.48 bits per heavy atom. The number of benzene rings is 4. The molecule has 230 valence electrons. The SMILES string of the molecule is CC(C)(C)NC(=O)[C@H](Cc1ccccc1)N(Cc1ccccc1Cl)C(=O)CN(c1cccc(Br)c1)S(=O)(=O)c1ccccc1. The van der Waals surface area contributed by atoms with Gasteiger partial charge in [-0.15, -0.1) is 0 Å². The summed E-state index contributed by atoms with van der Waals surface area (Å²) in [4.78, 5) is 29.9. The molecule has 4 aromatic carbocycles. The molecule has 0 fully saturated rings. The highest BCUT2D eigenvalue weighted by molar-refractivity contribution is 9.10. The van der Waals surface area contributed by atoms with E-state index in [1.54, 1.807) is 66.7 Å². The molecule has 0 aliphatic carbocycles. The maximum Gasteiger partial charge on any atom is 0.264 e. The fraction of sp³-hybridized carbons (Fsp3) is 0.235. The molecule has 0 aromatic heterocycles. The number of carbonyl (C=O) groups excluding carboxylic acids is 2. The lowest BCUT2D eigenvalue weighted by Crippen LogP contribution is -2.56. The molecule has 0 saturated carbocycles. The van der Waals surface area contributed by atoms with Crippen LogP contribution >= 0.6 is 27.5 Å². The van der Waals surface area contributed by atoms with Crippen LogP contribution in [0.2, 0.25) is 5.02 Å². The minimum absolute atomic E-state index is 0.00865. The number of halogens is 2. The Labute approximate surface area is 273 Å². The summed E-state index contributed by atoms with van der Waals surface area (Å²) in [6.07, 6.45) is 0.210. The van der Waals surface area contributed by atoms with Crippen LogP contribution in [0.15, 0.2) is 119 Å². The van der Waals surface area contributed by atoms with E-state index in [-0.39, 0.29) is 23.8 Å². The van der Waals surface area contributed by atoms with E-state index in [1.807, 2.05) is 51.1 Å². The summed E-state index contributed by atoms with van der Waals surface area (Å²) in [5.41, 5.74) is 1.20. The number of carbonyl (C=O) groups is 2. The minimum Gasteiger partial charge on any atom is -0.350 e. The molecular formula is C34H35BrClN3O4S. The average molecular weight is 697 g/mol. The van der Waals surface area contributed by atoms with Crippen molar-refractivity contribution in [2.75, 3.05) is 10.8 Å². The van der Waals surface area contributed by atoms with Gasteiger partial charge >= 0.3 is 0 Å². The predicted octanol–water partition coefficient (Wildman–Crippen LogP) is 6.85. The van der Waals surface area contributed by atoms with Crippen LogP contribution in [0.3, 0.4) is 0 Å². The number of rotatable bonds is 11. The fourth-order valence-corrected chi connectivity index (χ4v) is 6.71. The van der Waals surface area contributed by atoms with Gasteiger partial charge in [-0.1, -0.05) is 100 Å². The maximum absolute atomic E-state index is 14.5. The van der Waals surface area contributed by atoms with Crippen LogP contribution in [-0.4, -0.2) is 43.3 Å². The lowest BCUT2D eigenvalue weighted by Gasteiger charge is -2.35. The van der Waals surface area contributed by atoms with Crippen molar-refractivity contribution in [3.05, 3.63) is 130 Å². The van der Waals surface area contributed by atoms with E-state index in [1.165, 1.54) is 17.0 Å². The lowest BCUT2D eigenvalue weighted by molar-refractivity contribution is -0.140. The van der Waals surface area contributed by atoms with Gasteiger partial charge in [0.1, 0.15) is 12.6 Å². The normalized spacial score (nSPS) is 12.3. The maximum atomic E-state index is 14.5. The Kier molecular flexibility index (Phi) is 10.9. The molecule has 0 saturated heterocycles. The molecule has 1 atom stereocenters. The zero-order valence-electron chi connectivity index (χ0n) is 24.8. The quantitative estimate of drug-likeness (QED) is 0.186. The van der Waals surface area contributed by atoms with Crippen LogP contribution in [0.4, 0.5) is 5.69 Å². The van der Waals surface area contributed by atoms with E-state index in [0.29, 0.717) is 20.7 Å². The van der Waals surface area contributed by atoms with Gasteiger partial charge in [0.05, 0.1) is 10.6 Å². The number of sulfonamides is 1. The minimum atomic E-state index is -4.18. The van der Waals surface area contributed by atoms with Crippen LogP contribution in [-0.2, 0) is 32.6 Å². The smallest absolute Gasteiger partial charge is 0.264 e. The Morgan fingerprint density at radius 3 is 2.09 bits per heavy atom. The van der Waals surface area contributed by atoms with E-state index in [0.717, 1.165) is 9.87 Å². The molecule has 0 radical (unpaired) electrons. The molecule has 0 unspecified atom stereocenters. The zero-order valence-corrected chi connectivity index (χ0v) is 27.9. The van der Waals surface area contributed by atoms with Gasteiger partial charge in [-0.05, 0) is 68.3 Å². The monoisotopic (exact) mass is 695 g/mol. The van der Waals surface area contributed by atoms with Gasteiger partial charge in [0.15, 0.2) is 0 Å². The van der Waals surface area contributed by atoms with Crippen molar-refractivity contribution in [2.24, 2.45) is 0 Å². The highest BCUT2D eigenvalue weighted by Gasteiger charge is 2.35. The molecule has 2 amide bonds. The van der Waals surface area contributed by atoms with E-state index < -0.39 is 34.1 Å². The Morgan fingerprint density at radius 1 is 0.864 bits per heavy atom. The highest BCUT2D eigenvalue weighted by Crippen LogP contribution is 2.28. The predicted molar refractivity (Wildman–Crippen MR) is 179 cm³/mol. The van der Waals surface area contributed by atoms with E-state index >= 15 is 0 Å². The summed E-state index contributed by atoms with van der Waals surface area (Å²) in [6, 6.07) is 30.2. The van der Waals surface area contributed by atoms with Gasteiger partial charge in [0, 0.05) is 28.0 Å². The topological polar surface area (TPSA) is 86.8 Å². The number of amides is 2. The van der Waals surface area contributed by atoms with Gasteiger partial charge in [0.2, 0.25) is 11.8 Å². The second-order valence-corrected chi connectivity index (χ2v) is 14.5. The van der Waals surface area contributed by atoms with Crippen LogP contribution in [0, 0.1) is 0 Å². The Bertz CT molecular complexity index is 1700. The third-order valence-electron chi connectivity index (χ3n) is 6.77. The van der Waals surface area contributed by atoms with Crippen LogP contribution < -0.4 is 9.62 Å². The molecule has 4 aromatic rings. The van der Waals surface area contributed by atoms with Crippen LogP contribution in [0.5, 0.6) is 0 Å². The summed E-state index contributed by atoms with van der Waals surface area (Å²) < 4.78 is 29.8. The first kappa shape index (κ1) is 33.2. The standard InChI is InChI=1S/C34H35BrClN3O4S/c1-34(2,3)37-33(41)31(21-25-13-6-4-7-14-25)38(23-26-15-10-11-20-30(26)36)32(40)24-39(28-17-12-16-27(35)22-28)44(42,43)29-18-8-5-9-19-29/h4-20,22,31H,21,23-24H2,1-3H3,(H,37,41)/t31-/m0/s1. The molecule has 0 bridgehead atoms. The second kappa shape index (κ2) is 14.4. The lowest BCUT2D eigenvalue weighted by atomic mass is 10.0. The molecule has 0 heterocycles. The fourth-order valence-electron chi connectivity index (χ4n) is 4.70. The first-order chi connectivity index (χ1) is 20.8. The van der Waals surface area contributed by atoms with Crippen molar-refractivity contribution in [3.8, 4) is 0 Å². The van der Waals surface area contributed by atoms with Gasteiger partial charge in [-0.2, -0.15) is 0 Å². The van der Waals surface area contributed by atoms with Crippen molar-refractivity contribution < 1.29 is 18.0 Å². The largest absolute Gasteiger partial charge is 0.350 e. The number of anilines is 1. The Hall–Kier alpha value is -3.66. The summed E-state index contributed by atoms with van der Waals surface area (Å²) in [7, 11) is -4.18. The molecule has 0 aliphatic rings. The van der Waals surface area contributed by atoms with Crippen molar-refractivity contribution in [2.45, 2.75) is 50.2 Å². The first-order valence-corrected chi connectivity index (χ1v) is 16.7. The second-order valence-electron chi connectivity index (χ2n) is 11.4. The van der Waals surface area contributed by atoms with E-state index in [2.05, 4.69) is 21.2 Å². The molecule has 10 heteroatoms. The average Bonchev–Trinajstić information content (AvgIpc) is 2.98. The molecule has 0 aliphatic heterocycles. The third-order valence-corrected chi connectivity index (χ3v) is 9.42. The number of nitrogens with zero attached hydrogens (tertiary/aromatic N) is 2. The molecule has 44 heavy (non-hydrogen) atoms. The molecule has 1 N–H and O–H groups in total. The Balaban J connectivity index is 1.82. The number of hydrogen-bond acceptors (Lipinski definition) is 4. The van der Waals surface area contributed by atoms with Crippen molar-refractivity contribution in [3.63, 3.8) is 0 Å². The summed E-state index contributed by atoms with van der Waals surface area (Å²) in [5.74, 6) is -0.920. The van der Waals surface area contributed by atoms with Crippen molar-refractivity contribution >= 4 is 55.1 Å². The van der Waals surface area contributed by atoms with Crippen molar-refractivity contribution in [1.29, 1.82) is 0 Å². The summed E-state index contributed by atoms with van der Waals surface area (Å²) in [6.45, 7) is 5.04. The summed E-state index contributed by atoms with van der Waals surface area (Å²) >= 11 is 9.97. The van der Waals surface area contributed by atoms with E-state index in [4.69, 9.17) is 11.6 Å². The van der Waals surface area contributed by atoms with Gasteiger partial charge in [0.25, 0.3) is 10.0 Å². The van der Waals surface area contributed by atoms with Crippen LogP contribution in [0.1, 0.15) is 31.9 Å². The zero-order chi connectivity index (χ0) is 31.9.